The molecule has 19 heavy (non-hydrogen) atoms. The molecule has 0 aliphatic heterocycles. The molecule has 1 aromatic heterocycles. The molecule has 3 N–H and O–H groups in total. The van der Waals surface area contributed by atoms with Crippen molar-refractivity contribution in [2.24, 2.45) is 17.9 Å². The van der Waals surface area contributed by atoms with Crippen LogP contribution < -0.4 is 5.73 Å². The molecule has 1 rings (SSSR count). The van der Waals surface area contributed by atoms with Gasteiger partial charge in [0, 0.05) is 32.6 Å². The van der Waals surface area contributed by atoms with E-state index < -0.39 is 0 Å². The average Bonchev–Trinajstić information content (AvgIpc) is 2.74. The molecule has 1 aromatic rings. The van der Waals surface area contributed by atoms with Crippen LogP contribution in [0.5, 0.6) is 0 Å². The van der Waals surface area contributed by atoms with Gasteiger partial charge in [-0.15, -0.1) is 0 Å². The van der Waals surface area contributed by atoms with Crippen LogP contribution in [0, 0.1) is 0 Å². The molecular weight excluding hydrogens is 242 g/mol. The van der Waals surface area contributed by atoms with E-state index in [1.54, 1.807) is 0 Å². The highest BCUT2D eigenvalue weighted by Crippen LogP contribution is 2.10. The third kappa shape index (κ3) is 4.55. The van der Waals surface area contributed by atoms with Gasteiger partial charge in [0.15, 0.2) is 0 Å². The average molecular weight is 267 g/mol. The van der Waals surface area contributed by atoms with Crippen molar-refractivity contribution in [3.05, 3.63) is 17.5 Å². The quantitative estimate of drug-likeness (QED) is 0.338. The van der Waals surface area contributed by atoms with Crippen LogP contribution >= 0.6 is 0 Å². The number of oxime groups is 1. The standard InChI is InChI=1S/C13H25N5O/c1-5-11-8-12(17(4)15-11)9-18(10(2)3)7-6-13(14)16-19/h8,10,19H,5-7,9H2,1-4H3,(H2,14,16). The van der Waals surface area contributed by atoms with Crippen LogP contribution in [0.3, 0.4) is 0 Å². The van der Waals surface area contributed by atoms with Crippen LogP contribution in [-0.2, 0) is 20.0 Å². The smallest absolute Gasteiger partial charge is 0.140 e. The molecule has 0 radical (unpaired) electrons. The predicted molar refractivity (Wildman–Crippen MR) is 76.2 cm³/mol. The van der Waals surface area contributed by atoms with Crippen LogP contribution in [0.25, 0.3) is 0 Å². The number of nitrogens with two attached hydrogens (primary N) is 1. The van der Waals surface area contributed by atoms with Gasteiger partial charge in [0.1, 0.15) is 5.84 Å². The number of hydrogen-bond acceptors (Lipinski definition) is 4. The molecule has 6 heteroatoms. The van der Waals surface area contributed by atoms with Crippen molar-refractivity contribution in [1.82, 2.24) is 14.7 Å². The van der Waals surface area contributed by atoms with Crippen molar-refractivity contribution in [2.45, 2.75) is 46.2 Å². The summed E-state index contributed by atoms with van der Waals surface area (Å²) in [5.74, 6) is 0.268. The van der Waals surface area contributed by atoms with Crippen molar-refractivity contribution in [2.75, 3.05) is 6.54 Å². The lowest BCUT2D eigenvalue weighted by Crippen LogP contribution is -2.34. The maximum Gasteiger partial charge on any atom is 0.140 e. The van der Waals surface area contributed by atoms with Gasteiger partial charge in [0.05, 0.1) is 11.4 Å². The third-order valence-corrected chi connectivity index (χ3v) is 3.27. The van der Waals surface area contributed by atoms with Crippen molar-refractivity contribution in [3.8, 4) is 0 Å². The first-order chi connectivity index (χ1) is 8.97. The Morgan fingerprint density at radius 1 is 1.58 bits per heavy atom. The predicted octanol–water partition coefficient (Wildman–Crippen LogP) is 1.33. The van der Waals surface area contributed by atoms with Gasteiger partial charge < -0.3 is 10.9 Å². The van der Waals surface area contributed by atoms with E-state index in [4.69, 9.17) is 10.9 Å². The van der Waals surface area contributed by atoms with Crippen molar-refractivity contribution < 1.29 is 5.21 Å². The van der Waals surface area contributed by atoms with Crippen LogP contribution in [0.4, 0.5) is 0 Å². The summed E-state index contributed by atoms with van der Waals surface area (Å²) in [6.07, 6.45) is 1.51. The molecule has 0 fully saturated rings. The largest absolute Gasteiger partial charge is 0.409 e. The second-order valence-corrected chi connectivity index (χ2v) is 5.01. The van der Waals surface area contributed by atoms with E-state index in [9.17, 15) is 0 Å². The lowest BCUT2D eigenvalue weighted by molar-refractivity contribution is 0.212. The van der Waals surface area contributed by atoms with E-state index in [0.29, 0.717) is 12.5 Å². The molecule has 0 aromatic carbocycles. The van der Waals surface area contributed by atoms with E-state index in [1.807, 2.05) is 11.7 Å². The second kappa shape index (κ2) is 7.13. The number of nitrogens with zero attached hydrogens (tertiary/aromatic N) is 4. The SMILES string of the molecule is CCc1cc(CN(CCC(N)=NO)C(C)C)n(C)n1. The van der Waals surface area contributed by atoms with Gasteiger partial charge in [0.2, 0.25) is 0 Å². The summed E-state index contributed by atoms with van der Waals surface area (Å²) in [6, 6.07) is 2.53. The summed E-state index contributed by atoms with van der Waals surface area (Å²) in [5, 5.41) is 16.1. The first kappa shape index (κ1) is 15.5. The molecule has 0 bridgehead atoms. The Morgan fingerprint density at radius 2 is 2.26 bits per heavy atom. The van der Waals surface area contributed by atoms with Gasteiger partial charge in [-0.05, 0) is 26.3 Å². The van der Waals surface area contributed by atoms with Crippen LogP contribution in [0.1, 0.15) is 38.6 Å². The number of aryl methyl sites for hydroxylation is 2. The first-order valence-electron chi connectivity index (χ1n) is 6.70. The molecule has 0 aliphatic carbocycles. The molecule has 0 atom stereocenters. The minimum absolute atomic E-state index is 0.268. The number of rotatable bonds is 7. The van der Waals surface area contributed by atoms with Crippen molar-refractivity contribution in [3.63, 3.8) is 0 Å². The van der Waals surface area contributed by atoms with Gasteiger partial charge in [-0.1, -0.05) is 12.1 Å². The third-order valence-electron chi connectivity index (χ3n) is 3.27. The molecule has 0 saturated heterocycles. The minimum Gasteiger partial charge on any atom is -0.409 e. The van der Waals surface area contributed by atoms with Crippen molar-refractivity contribution >= 4 is 5.84 Å². The lowest BCUT2D eigenvalue weighted by Gasteiger charge is -2.26. The lowest BCUT2D eigenvalue weighted by atomic mass is 10.2. The Kier molecular flexibility index (Phi) is 5.82. The Labute approximate surface area is 114 Å². The fourth-order valence-electron chi connectivity index (χ4n) is 1.93. The maximum atomic E-state index is 8.59. The number of amidine groups is 1. The van der Waals surface area contributed by atoms with Gasteiger partial charge >= 0.3 is 0 Å². The number of hydrogen-bond donors (Lipinski definition) is 2. The van der Waals surface area contributed by atoms with Crippen molar-refractivity contribution in [1.29, 1.82) is 0 Å². The molecule has 0 saturated carbocycles. The zero-order chi connectivity index (χ0) is 14.4. The zero-order valence-corrected chi connectivity index (χ0v) is 12.3. The van der Waals surface area contributed by atoms with Gasteiger partial charge in [0.25, 0.3) is 0 Å². The summed E-state index contributed by atoms with van der Waals surface area (Å²) in [4.78, 5) is 2.29. The molecule has 0 amide bonds. The Balaban J connectivity index is 2.69. The Morgan fingerprint density at radius 3 is 2.74 bits per heavy atom. The summed E-state index contributed by atoms with van der Waals surface area (Å²) in [7, 11) is 1.97. The molecule has 1 heterocycles. The minimum atomic E-state index is 0.268. The molecule has 0 aliphatic rings. The fraction of sp³-hybridized carbons (Fsp3) is 0.692. The van der Waals surface area contributed by atoms with E-state index in [1.165, 1.54) is 5.69 Å². The topological polar surface area (TPSA) is 79.7 Å². The second-order valence-electron chi connectivity index (χ2n) is 5.01. The zero-order valence-electron chi connectivity index (χ0n) is 12.3. The maximum absolute atomic E-state index is 8.59. The van der Waals surface area contributed by atoms with E-state index >= 15 is 0 Å². The highest BCUT2D eigenvalue weighted by molar-refractivity contribution is 5.79. The van der Waals surface area contributed by atoms with Crippen LogP contribution in [0.2, 0.25) is 0 Å². The van der Waals surface area contributed by atoms with Gasteiger partial charge in [-0.3, -0.25) is 9.58 Å². The first-order valence-corrected chi connectivity index (χ1v) is 6.70. The molecule has 6 nitrogen and oxygen atoms in total. The van der Waals surface area contributed by atoms with Crippen LogP contribution in [-0.4, -0.2) is 38.3 Å². The summed E-state index contributed by atoms with van der Waals surface area (Å²) in [6.45, 7) is 7.97. The molecular formula is C13H25N5O. The Hall–Kier alpha value is -1.56. The van der Waals surface area contributed by atoms with E-state index in [2.05, 4.69) is 42.0 Å². The Bertz CT molecular complexity index is 425. The van der Waals surface area contributed by atoms with Crippen LogP contribution in [0.15, 0.2) is 11.2 Å². The fourth-order valence-corrected chi connectivity index (χ4v) is 1.93. The summed E-state index contributed by atoms with van der Waals surface area (Å²) < 4.78 is 1.93. The molecule has 0 unspecified atom stereocenters. The molecule has 0 spiro atoms. The van der Waals surface area contributed by atoms with Gasteiger partial charge in [-0.25, -0.2) is 0 Å². The normalized spacial score (nSPS) is 12.6. The van der Waals surface area contributed by atoms with E-state index in [0.717, 1.165) is 25.2 Å². The highest BCUT2D eigenvalue weighted by atomic mass is 16.4. The monoisotopic (exact) mass is 267 g/mol. The summed E-state index contributed by atoms with van der Waals surface area (Å²) >= 11 is 0. The van der Waals surface area contributed by atoms with E-state index in [-0.39, 0.29) is 5.84 Å². The van der Waals surface area contributed by atoms with Gasteiger partial charge in [-0.2, -0.15) is 5.10 Å². The number of aromatic nitrogens is 2. The molecule has 108 valence electrons. The highest BCUT2D eigenvalue weighted by Gasteiger charge is 2.13. The summed E-state index contributed by atoms with van der Waals surface area (Å²) in [5.41, 5.74) is 7.82.